The van der Waals surface area contributed by atoms with Gasteiger partial charge in [-0.05, 0) is 25.5 Å². The molecule has 0 aromatic carbocycles. The van der Waals surface area contributed by atoms with Gasteiger partial charge in [-0.3, -0.25) is 4.79 Å². The molecule has 0 bridgehead atoms. The molecule has 19 heavy (non-hydrogen) atoms. The highest BCUT2D eigenvalue weighted by atomic mass is 32.1. The van der Waals surface area contributed by atoms with Gasteiger partial charge in [0.2, 0.25) is 0 Å². The molecule has 0 saturated heterocycles. The van der Waals surface area contributed by atoms with Crippen LogP contribution in [0.1, 0.15) is 28.6 Å². The lowest BCUT2D eigenvalue weighted by molar-refractivity contribution is -0.131. The molecule has 0 fully saturated rings. The summed E-state index contributed by atoms with van der Waals surface area (Å²) in [5.74, 6) is -1.15. The van der Waals surface area contributed by atoms with E-state index in [4.69, 9.17) is 5.11 Å². The van der Waals surface area contributed by atoms with E-state index in [0.717, 1.165) is 11.0 Å². The predicted molar refractivity (Wildman–Crippen MR) is 74.2 cm³/mol. The number of aliphatic carboxylic acids is 1. The summed E-state index contributed by atoms with van der Waals surface area (Å²) in [7, 11) is 1.68. The van der Waals surface area contributed by atoms with Crippen LogP contribution in [0.15, 0.2) is 17.5 Å². The molecule has 6 heteroatoms. The van der Waals surface area contributed by atoms with Crippen molar-refractivity contribution in [3.8, 4) is 0 Å². The standard InChI is InChI=1S/C13H17NO4S/c1-9(15)5-6-14(2)13(18)10-7-11(19-8-10)3-4-12(16)17/h3-4,7-9,15H,5-6H2,1-2H3,(H,16,17)/b4-3+. The lowest BCUT2D eigenvalue weighted by Crippen LogP contribution is -2.29. The van der Waals surface area contributed by atoms with Crippen molar-refractivity contribution in [3.63, 3.8) is 0 Å². The maximum atomic E-state index is 12.0. The number of amides is 1. The zero-order valence-corrected chi connectivity index (χ0v) is 11.7. The Kier molecular flexibility index (Phi) is 5.72. The average molecular weight is 283 g/mol. The van der Waals surface area contributed by atoms with Crippen molar-refractivity contribution in [1.29, 1.82) is 0 Å². The molecular weight excluding hydrogens is 266 g/mol. The number of aliphatic hydroxyl groups is 1. The molecule has 0 radical (unpaired) electrons. The molecular formula is C13H17NO4S. The fourth-order valence-corrected chi connectivity index (χ4v) is 2.18. The smallest absolute Gasteiger partial charge is 0.328 e. The van der Waals surface area contributed by atoms with Crippen LogP contribution in [0.5, 0.6) is 0 Å². The van der Waals surface area contributed by atoms with E-state index in [2.05, 4.69) is 0 Å². The zero-order valence-electron chi connectivity index (χ0n) is 10.9. The molecule has 1 aromatic heterocycles. The molecule has 104 valence electrons. The van der Waals surface area contributed by atoms with Crippen LogP contribution in [-0.4, -0.2) is 46.7 Å². The number of aliphatic hydroxyl groups excluding tert-OH is 1. The maximum absolute atomic E-state index is 12.0. The van der Waals surface area contributed by atoms with Gasteiger partial charge in [0, 0.05) is 29.9 Å². The molecule has 1 heterocycles. The molecule has 1 rings (SSSR count). The quantitative estimate of drug-likeness (QED) is 0.779. The second-order valence-electron chi connectivity index (χ2n) is 4.27. The van der Waals surface area contributed by atoms with Crippen LogP contribution in [0.4, 0.5) is 0 Å². The predicted octanol–water partition coefficient (Wildman–Crippen LogP) is 1.69. The minimum Gasteiger partial charge on any atom is -0.478 e. The molecule has 0 aliphatic heterocycles. The first-order valence-corrected chi connectivity index (χ1v) is 6.71. The second-order valence-corrected chi connectivity index (χ2v) is 5.22. The Morgan fingerprint density at radius 3 is 2.79 bits per heavy atom. The Labute approximate surface area is 115 Å². The summed E-state index contributed by atoms with van der Waals surface area (Å²) in [6, 6.07) is 1.66. The van der Waals surface area contributed by atoms with Crippen LogP contribution >= 0.6 is 11.3 Å². The fourth-order valence-electron chi connectivity index (χ4n) is 1.41. The zero-order chi connectivity index (χ0) is 14.4. The molecule has 2 N–H and O–H groups in total. The number of hydrogen-bond acceptors (Lipinski definition) is 4. The number of hydrogen-bond donors (Lipinski definition) is 2. The van der Waals surface area contributed by atoms with Crippen molar-refractivity contribution in [2.24, 2.45) is 0 Å². The first-order valence-electron chi connectivity index (χ1n) is 5.83. The van der Waals surface area contributed by atoms with Gasteiger partial charge in [-0.25, -0.2) is 4.79 Å². The van der Waals surface area contributed by atoms with Crippen molar-refractivity contribution < 1.29 is 19.8 Å². The van der Waals surface area contributed by atoms with E-state index in [-0.39, 0.29) is 5.91 Å². The largest absolute Gasteiger partial charge is 0.478 e. The van der Waals surface area contributed by atoms with E-state index in [1.807, 2.05) is 0 Å². The molecule has 0 spiro atoms. The lowest BCUT2D eigenvalue weighted by Gasteiger charge is -2.17. The summed E-state index contributed by atoms with van der Waals surface area (Å²) in [4.78, 5) is 24.7. The Hall–Kier alpha value is -1.66. The van der Waals surface area contributed by atoms with Gasteiger partial charge in [-0.15, -0.1) is 11.3 Å². The number of carboxylic acids is 1. The average Bonchev–Trinajstić information content (AvgIpc) is 2.81. The monoisotopic (exact) mass is 283 g/mol. The van der Waals surface area contributed by atoms with Gasteiger partial charge in [-0.2, -0.15) is 0 Å². The summed E-state index contributed by atoms with van der Waals surface area (Å²) in [5, 5.41) is 19.4. The van der Waals surface area contributed by atoms with E-state index >= 15 is 0 Å². The topological polar surface area (TPSA) is 77.8 Å². The highest BCUT2D eigenvalue weighted by Crippen LogP contribution is 2.17. The first kappa shape index (κ1) is 15.4. The van der Waals surface area contributed by atoms with E-state index in [0.29, 0.717) is 18.5 Å². The summed E-state index contributed by atoms with van der Waals surface area (Å²) >= 11 is 1.31. The van der Waals surface area contributed by atoms with Crippen molar-refractivity contribution >= 4 is 29.3 Å². The Morgan fingerprint density at radius 1 is 1.53 bits per heavy atom. The number of carboxylic acid groups (broad SMARTS) is 1. The van der Waals surface area contributed by atoms with Crippen molar-refractivity contribution in [1.82, 2.24) is 4.90 Å². The van der Waals surface area contributed by atoms with Gasteiger partial charge in [-0.1, -0.05) is 0 Å². The first-order chi connectivity index (χ1) is 8.90. The lowest BCUT2D eigenvalue weighted by atomic mass is 10.2. The summed E-state index contributed by atoms with van der Waals surface area (Å²) in [6.45, 7) is 2.16. The molecule has 1 amide bonds. The molecule has 1 aromatic rings. The highest BCUT2D eigenvalue weighted by Gasteiger charge is 2.13. The maximum Gasteiger partial charge on any atom is 0.328 e. The van der Waals surface area contributed by atoms with Crippen molar-refractivity contribution in [2.75, 3.05) is 13.6 Å². The molecule has 0 aliphatic carbocycles. The molecule has 5 nitrogen and oxygen atoms in total. The summed E-state index contributed by atoms with van der Waals surface area (Å²) in [5.41, 5.74) is 0.531. The Morgan fingerprint density at radius 2 is 2.21 bits per heavy atom. The minimum absolute atomic E-state index is 0.133. The van der Waals surface area contributed by atoms with Gasteiger partial charge >= 0.3 is 5.97 Å². The third-order valence-electron chi connectivity index (χ3n) is 2.49. The minimum atomic E-state index is -1.02. The van der Waals surface area contributed by atoms with Crippen LogP contribution in [0.3, 0.4) is 0 Å². The summed E-state index contributed by atoms with van der Waals surface area (Å²) in [6.07, 6.45) is 2.58. The van der Waals surface area contributed by atoms with Gasteiger partial charge < -0.3 is 15.1 Å². The number of nitrogens with zero attached hydrogens (tertiary/aromatic N) is 1. The van der Waals surface area contributed by atoms with E-state index in [1.165, 1.54) is 17.4 Å². The molecule has 1 unspecified atom stereocenters. The second kappa shape index (κ2) is 7.06. The van der Waals surface area contributed by atoms with Gasteiger partial charge in [0.05, 0.1) is 11.7 Å². The fraction of sp³-hybridized carbons (Fsp3) is 0.385. The van der Waals surface area contributed by atoms with Gasteiger partial charge in [0.25, 0.3) is 5.91 Å². The third kappa shape index (κ3) is 5.23. The van der Waals surface area contributed by atoms with Crippen LogP contribution in [-0.2, 0) is 4.79 Å². The molecule has 1 atom stereocenters. The molecule has 0 saturated carbocycles. The van der Waals surface area contributed by atoms with E-state index < -0.39 is 12.1 Å². The van der Waals surface area contributed by atoms with E-state index in [1.54, 1.807) is 30.3 Å². The SMILES string of the molecule is CC(O)CCN(C)C(=O)c1csc(/C=C/C(=O)O)c1. The van der Waals surface area contributed by atoms with Crippen LogP contribution in [0, 0.1) is 0 Å². The van der Waals surface area contributed by atoms with Crippen LogP contribution in [0.2, 0.25) is 0 Å². The van der Waals surface area contributed by atoms with Crippen LogP contribution in [0.25, 0.3) is 6.08 Å². The third-order valence-corrected chi connectivity index (χ3v) is 3.38. The van der Waals surface area contributed by atoms with E-state index in [9.17, 15) is 14.7 Å². The van der Waals surface area contributed by atoms with Gasteiger partial charge in [0.1, 0.15) is 0 Å². The van der Waals surface area contributed by atoms with Crippen molar-refractivity contribution in [2.45, 2.75) is 19.4 Å². The van der Waals surface area contributed by atoms with Crippen LogP contribution < -0.4 is 0 Å². The normalized spacial score (nSPS) is 12.6. The Bertz CT molecular complexity index is 479. The number of rotatable bonds is 6. The number of carbonyl (C=O) groups is 2. The number of thiophene rings is 1. The highest BCUT2D eigenvalue weighted by molar-refractivity contribution is 7.11. The summed E-state index contributed by atoms with van der Waals surface area (Å²) < 4.78 is 0. The Balaban J connectivity index is 2.65. The molecule has 0 aliphatic rings. The van der Waals surface area contributed by atoms with Gasteiger partial charge in [0.15, 0.2) is 0 Å². The number of carbonyl (C=O) groups excluding carboxylic acids is 1. The van der Waals surface area contributed by atoms with Crippen molar-refractivity contribution in [3.05, 3.63) is 28.0 Å².